The maximum Gasteiger partial charge on any atom is 0.118 e. The molecule has 1 aromatic carbocycles. The molecule has 1 aliphatic carbocycles. The Labute approximate surface area is 128 Å². The number of methoxy groups -OCH3 is 1. The van der Waals surface area contributed by atoms with Gasteiger partial charge in [0, 0.05) is 12.0 Å². The molecule has 1 aromatic rings. The van der Waals surface area contributed by atoms with Crippen molar-refractivity contribution in [2.24, 2.45) is 17.1 Å². The van der Waals surface area contributed by atoms with Gasteiger partial charge in [-0.25, -0.2) is 0 Å². The molecule has 2 rings (SSSR count). The summed E-state index contributed by atoms with van der Waals surface area (Å²) in [4.78, 5) is 0. The number of ether oxygens (including phenoxy) is 1. The first kappa shape index (κ1) is 16.3. The SMILES string of the molecule is CCC1CCCC(CN)(C(C)(O)c2ccc(OC)cc2)C1. The number of hydrogen-bond donors (Lipinski definition) is 2. The van der Waals surface area contributed by atoms with Crippen molar-refractivity contribution in [1.29, 1.82) is 0 Å². The van der Waals surface area contributed by atoms with Crippen molar-refractivity contribution in [2.75, 3.05) is 13.7 Å². The third-order valence-corrected chi connectivity index (χ3v) is 5.60. The highest BCUT2D eigenvalue weighted by Crippen LogP contribution is 2.51. The van der Waals surface area contributed by atoms with Crippen molar-refractivity contribution in [2.45, 2.75) is 51.6 Å². The molecule has 0 aromatic heterocycles. The van der Waals surface area contributed by atoms with Gasteiger partial charge in [0.1, 0.15) is 5.75 Å². The summed E-state index contributed by atoms with van der Waals surface area (Å²) in [6.45, 7) is 4.70. The molecule has 0 heterocycles. The van der Waals surface area contributed by atoms with Crippen LogP contribution in [0.3, 0.4) is 0 Å². The van der Waals surface area contributed by atoms with Crippen molar-refractivity contribution in [3.8, 4) is 5.75 Å². The summed E-state index contributed by atoms with van der Waals surface area (Å²) in [5.41, 5.74) is 5.96. The second-order valence-electron chi connectivity index (χ2n) is 6.66. The lowest BCUT2D eigenvalue weighted by Crippen LogP contribution is -2.51. The molecular weight excluding hydrogens is 262 g/mol. The lowest BCUT2D eigenvalue weighted by Gasteiger charge is -2.50. The van der Waals surface area contributed by atoms with Crippen LogP contribution >= 0.6 is 0 Å². The predicted octanol–water partition coefficient (Wildman–Crippen LogP) is 3.45. The van der Waals surface area contributed by atoms with Crippen LogP contribution in [0.1, 0.15) is 51.5 Å². The average Bonchev–Trinajstić information content (AvgIpc) is 2.54. The highest BCUT2D eigenvalue weighted by Gasteiger charge is 2.49. The minimum Gasteiger partial charge on any atom is -0.497 e. The molecule has 3 atom stereocenters. The van der Waals surface area contributed by atoms with E-state index in [-0.39, 0.29) is 5.41 Å². The molecule has 3 heteroatoms. The number of nitrogens with two attached hydrogens (primary N) is 1. The lowest BCUT2D eigenvalue weighted by molar-refractivity contribution is -0.102. The van der Waals surface area contributed by atoms with Crippen LogP contribution in [-0.4, -0.2) is 18.8 Å². The number of hydrogen-bond acceptors (Lipinski definition) is 3. The molecule has 3 nitrogen and oxygen atoms in total. The average molecular weight is 291 g/mol. The van der Waals surface area contributed by atoms with Gasteiger partial charge in [-0.1, -0.05) is 38.3 Å². The molecule has 1 aliphatic rings. The molecule has 3 unspecified atom stereocenters. The summed E-state index contributed by atoms with van der Waals surface area (Å²) in [5, 5.41) is 11.3. The number of rotatable bonds is 5. The van der Waals surface area contributed by atoms with Crippen molar-refractivity contribution in [1.82, 2.24) is 0 Å². The molecule has 21 heavy (non-hydrogen) atoms. The smallest absolute Gasteiger partial charge is 0.118 e. The van der Waals surface area contributed by atoms with Gasteiger partial charge in [-0.15, -0.1) is 0 Å². The van der Waals surface area contributed by atoms with Gasteiger partial charge in [-0.3, -0.25) is 0 Å². The largest absolute Gasteiger partial charge is 0.497 e. The summed E-state index contributed by atoms with van der Waals surface area (Å²) in [7, 11) is 1.65. The Morgan fingerprint density at radius 1 is 1.38 bits per heavy atom. The zero-order valence-electron chi connectivity index (χ0n) is 13.6. The van der Waals surface area contributed by atoms with E-state index in [0.717, 1.165) is 30.6 Å². The van der Waals surface area contributed by atoms with E-state index in [1.165, 1.54) is 12.8 Å². The Hall–Kier alpha value is -1.06. The van der Waals surface area contributed by atoms with E-state index in [2.05, 4.69) is 6.92 Å². The maximum atomic E-state index is 11.3. The molecule has 0 radical (unpaired) electrons. The first-order valence-corrected chi connectivity index (χ1v) is 8.06. The van der Waals surface area contributed by atoms with E-state index in [1.54, 1.807) is 7.11 Å². The molecule has 118 valence electrons. The fourth-order valence-corrected chi connectivity index (χ4v) is 3.88. The zero-order chi connectivity index (χ0) is 15.5. The van der Waals surface area contributed by atoms with Gasteiger partial charge < -0.3 is 15.6 Å². The molecule has 1 saturated carbocycles. The van der Waals surface area contributed by atoms with Crippen LogP contribution in [0.15, 0.2) is 24.3 Å². The van der Waals surface area contributed by atoms with E-state index in [0.29, 0.717) is 12.5 Å². The molecule has 0 amide bonds. The van der Waals surface area contributed by atoms with Crippen LogP contribution in [0.4, 0.5) is 0 Å². The predicted molar refractivity (Wildman–Crippen MR) is 86.3 cm³/mol. The van der Waals surface area contributed by atoms with Crippen molar-refractivity contribution < 1.29 is 9.84 Å². The molecule has 0 bridgehead atoms. The molecule has 3 N–H and O–H groups in total. The molecule has 0 aliphatic heterocycles. The minimum atomic E-state index is -0.901. The summed E-state index contributed by atoms with van der Waals surface area (Å²) < 4.78 is 5.21. The third kappa shape index (κ3) is 2.95. The quantitative estimate of drug-likeness (QED) is 0.873. The minimum absolute atomic E-state index is 0.222. The molecular formula is C18H29NO2. The highest BCUT2D eigenvalue weighted by atomic mass is 16.5. The Morgan fingerprint density at radius 3 is 2.57 bits per heavy atom. The van der Waals surface area contributed by atoms with Crippen LogP contribution in [0.25, 0.3) is 0 Å². The van der Waals surface area contributed by atoms with Gasteiger partial charge in [0.2, 0.25) is 0 Å². The fourth-order valence-electron chi connectivity index (χ4n) is 3.88. The van der Waals surface area contributed by atoms with Crippen LogP contribution in [-0.2, 0) is 5.60 Å². The van der Waals surface area contributed by atoms with Crippen molar-refractivity contribution in [3.63, 3.8) is 0 Å². The highest BCUT2D eigenvalue weighted by molar-refractivity contribution is 5.32. The van der Waals surface area contributed by atoms with Gasteiger partial charge in [-0.05, 0) is 43.4 Å². The molecule has 0 spiro atoms. The van der Waals surface area contributed by atoms with Gasteiger partial charge in [0.05, 0.1) is 12.7 Å². The monoisotopic (exact) mass is 291 g/mol. The van der Waals surface area contributed by atoms with E-state index in [9.17, 15) is 5.11 Å². The van der Waals surface area contributed by atoms with Crippen molar-refractivity contribution in [3.05, 3.63) is 29.8 Å². The lowest BCUT2D eigenvalue weighted by atomic mass is 9.59. The van der Waals surface area contributed by atoms with Crippen LogP contribution in [0.2, 0.25) is 0 Å². The molecule has 0 saturated heterocycles. The van der Waals surface area contributed by atoms with Gasteiger partial charge in [-0.2, -0.15) is 0 Å². The van der Waals surface area contributed by atoms with Gasteiger partial charge in [0.25, 0.3) is 0 Å². The summed E-state index contributed by atoms with van der Waals surface area (Å²) in [6.07, 6.45) is 5.59. The second-order valence-corrected chi connectivity index (χ2v) is 6.66. The van der Waals surface area contributed by atoms with Crippen LogP contribution in [0, 0.1) is 11.3 Å². The van der Waals surface area contributed by atoms with E-state index in [4.69, 9.17) is 10.5 Å². The van der Waals surface area contributed by atoms with Crippen LogP contribution < -0.4 is 10.5 Å². The molecule has 1 fully saturated rings. The zero-order valence-corrected chi connectivity index (χ0v) is 13.6. The summed E-state index contributed by atoms with van der Waals surface area (Å²) in [6, 6.07) is 7.75. The summed E-state index contributed by atoms with van der Waals surface area (Å²) in [5.74, 6) is 1.48. The van der Waals surface area contributed by atoms with Gasteiger partial charge >= 0.3 is 0 Å². The number of benzene rings is 1. The van der Waals surface area contributed by atoms with Crippen molar-refractivity contribution >= 4 is 0 Å². The summed E-state index contributed by atoms with van der Waals surface area (Å²) >= 11 is 0. The van der Waals surface area contributed by atoms with E-state index < -0.39 is 5.60 Å². The Morgan fingerprint density at radius 2 is 2.05 bits per heavy atom. The van der Waals surface area contributed by atoms with Gasteiger partial charge in [0.15, 0.2) is 0 Å². The van der Waals surface area contributed by atoms with E-state index >= 15 is 0 Å². The normalized spacial score (nSPS) is 28.9. The first-order chi connectivity index (χ1) is 9.99. The Kier molecular flexibility index (Phi) is 4.95. The van der Waals surface area contributed by atoms with E-state index in [1.807, 2.05) is 31.2 Å². The van der Waals surface area contributed by atoms with Crippen LogP contribution in [0.5, 0.6) is 5.75 Å². The first-order valence-electron chi connectivity index (χ1n) is 8.06. The fraction of sp³-hybridized carbons (Fsp3) is 0.667. The maximum absolute atomic E-state index is 11.3. The topological polar surface area (TPSA) is 55.5 Å². The Balaban J connectivity index is 2.33. The second kappa shape index (κ2) is 6.37. The number of aliphatic hydroxyl groups is 1. The third-order valence-electron chi connectivity index (χ3n) is 5.60. The Bertz CT molecular complexity index is 455. The standard InChI is InChI=1S/C18H29NO2/c1-4-14-6-5-11-18(12-14,13-19)17(2,20)15-7-9-16(21-3)10-8-15/h7-10,14,20H,4-6,11-13,19H2,1-3H3.